The molecule has 2 N–H and O–H groups in total. The van der Waals surface area contributed by atoms with E-state index in [9.17, 15) is 17.9 Å². The zero-order valence-corrected chi connectivity index (χ0v) is 11.5. The van der Waals surface area contributed by atoms with Gasteiger partial charge in [-0.25, -0.2) is 17.5 Å². The van der Waals surface area contributed by atoms with Crippen LogP contribution in [0.4, 0.5) is 4.39 Å². The van der Waals surface area contributed by atoms with Crippen LogP contribution in [0.3, 0.4) is 0 Å². The summed E-state index contributed by atoms with van der Waals surface area (Å²) in [4.78, 5) is -0.428. The van der Waals surface area contributed by atoms with Gasteiger partial charge in [0.1, 0.15) is 22.3 Å². The summed E-state index contributed by atoms with van der Waals surface area (Å²) in [5, 5.41) is 18.1. The Kier molecular flexibility index (Phi) is 4.63. The van der Waals surface area contributed by atoms with Gasteiger partial charge in [0.25, 0.3) is 0 Å². The van der Waals surface area contributed by atoms with Crippen LogP contribution < -0.4 is 4.72 Å². The second kappa shape index (κ2) is 5.65. The number of nitriles is 1. The van der Waals surface area contributed by atoms with E-state index in [2.05, 4.69) is 4.72 Å². The molecular weight excluding hydrogens is 271 g/mol. The van der Waals surface area contributed by atoms with Crippen LogP contribution in [0.1, 0.15) is 25.8 Å². The number of aliphatic hydroxyl groups excluding tert-OH is 1. The minimum atomic E-state index is -4.08. The van der Waals surface area contributed by atoms with Gasteiger partial charge in [-0.2, -0.15) is 5.26 Å². The average Bonchev–Trinajstić information content (AvgIpc) is 2.37. The molecule has 1 aromatic rings. The molecule has 1 rings (SSSR count). The molecule has 7 heteroatoms. The van der Waals surface area contributed by atoms with E-state index in [1.54, 1.807) is 6.92 Å². The Bertz CT molecular complexity index is 604. The summed E-state index contributed by atoms with van der Waals surface area (Å²) in [7, 11) is -4.08. The highest BCUT2D eigenvalue weighted by Gasteiger charge is 2.30. The molecule has 0 saturated carbocycles. The Balaban J connectivity index is 3.30. The van der Waals surface area contributed by atoms with Crippen LogP contribution in [0, 0.1) is 17.1 Å². The average molecular weight is 286 g/mol. The predicted octanol–water partition coefficient (Wildman–Crippen LogP) is 1.14. The Morgan fingerprint density at radius 3 is 2.63 bits per heavy atom. The largest absolute Gasteiger partial charge is 0.394 e. The number of aliphatic hydroxyl groups is 1. The van der Waals surface area contributed by atoms with Crippen molar-refractivity contribution in [1.29, 1.82) is 5.26 Å². The molecule has 5 nitrogen and oxygen atoms in total. The fourth-order valence-corrected chi connectivity index (χ4v) is 3.07. The number of halogens is 1. The first-order chi connectivity index (χ1) is 8.79. The maximum atomic E-state index is 13.4. The first-order valence-corrected chi connectivity index (χ1v) is 7.11. The van der Waals surface area contributed by atoms with Gasteiger partial charge in [0, 0.05) is 0 Å². The van der Waals surface area contributed by atoms with Crippen molar-refractivity contribution in [2.24, 2.45) is 0 Å². The quantitative estimate of drug-likeness (QED) is 0.849. The third-order valence-electron chi connectivity index (χ3n) is 2.89. The van der Waals surface area contributed by atoms with Crippen LogP contribution in [-0.4, -0.2) is 25.7 Å². The summed E-state index contributed by atoms with van der Waals surface area (Å²) in [6, 6.07) is 4.92. The minimum absolute atomic E-state index is 0.347. The molecule has 0 bridgehead atoms. The van der Waals surface area contributed by atoms with Gasteiger partial charge in [0.2, 0.25) is 10.0 Å². The summed E-state index contributed by atoms with van der Waals surface area (Å²) in [6.45, 7) is 2.82. The van der Waals surface area contributed by atoms with Gasteiger partial charge >= 0.3 is 0 Å². The number of rotatable bonds is 5. The van der Waals surface area contributed by atoms with Crippen molar-refractivity contribution in [2.45, 2.75) is 30.7 Å². The molecule has 0 aliphatic rings. The lowest BCUT2D eigenvalue weighted by atomic mass is 10.0. The fraction of sp³-hybridized carbons (Fsp3) is 0.417. The van der Waals surface area contributed by atoms with E-state index in [1.165, 1.54) is 19.1 Å². The number of hydrogen-bond donors (Lipinski definition) is 2. The molecule has 19 heavy (non-hydrogen) atoms. The molecule has 0 spiro atoms. The van der Waals surface area contributed by atoms with E-state index in [1.807, 2.05) is 0 Å². The number of nitrogens with one attached hydrogen (secondary N) is 1. The Morgan fingerprint density at radius 1 is 1.53 bits per heavy atom. The molecule has 1 unspecified atom stereocenters. The maximum absolute atomic E-state index is 13.4. The van der Waals surface area contributed by atoms with Gasteiger partial charge in [0.05, 0.1) is 12.1 Å². The van der Waals surface area contributed by atoms with Crippen LogP contribution in [0.2, 0.25) is 0 Å². The Hall–Kier alpha value is -1.49. The Labute approximate surface area is 111 Å². The molecule has 0 amide bonds. The van der Waals surface area contributed by atoms with E-state index >= 15 is 0 Å². The molecule has 104 valence electrons. The van der Waals surface area contributed by atoms with E-state index in [-0.39, 0.29) is 0 Å². The van der Waals surface area contributed by atoms with Crippen molar-refractivity contribution in [3.8, 4) is 6.07 Å². The molecule has 0 saturated heterocycles. The first-order valence-electron chi connectivity index (χ1n) is 5.63. The summed E-state index contributed by atoms with van der Waals surface area (Å²) in [5.74, 6) is -0.896. The van der Waals surface area contributed by atoms with Gasteiger partial charge in [-0.3, -0.25) is 0 Å². The second-order valence-electron chi connectivity index (χ2n) is 4.40. The minimum Gasteiger partial charge on any atom is -0.394 e. The monoisotopic (exact) mass is 286 g/mol. The second-order valence-corrected chi connectivity index (χ2v) is 6.05. The summed E-state index contributed by atoms with van der Waals surface area (Å²) in [6.07, 6.45) is 0.347. The zero-order chi connectivity index (χ0) is 14.7. The van der Waals surface area contributed by atoms with Crippen molar-refractivity contribution in [1.82, 2.24) is 4.72 Å². The zero-order valence-electron chi connectivity index (χ0n) is 10.6. The normalized spacial score (nSPS) is 14.7. The maximum Gasteiger partial charge on any atom is 0.242 e. The molecule has 0 heterocycles. The highest BCUT2D eigenvalue weighted by Crippen LogP contribution is 2.20. The molecule has 0 aliphatic carbocycles. The molecule has 1 aromatic carbocycles. The van der Waals surface area contributed by atoms with Crippen molar-refractivity contribution in [3.05, 3.63) is 29.6 Å². The third-order valence-corrected chi connectivity index (χ3v) is 4.57. The highest BCUT2D eigenvalue weighted by atomic mass is 32.2. The van der Waals surface area contributed by atoms with Gasteiger partial charge in [0.15, 0.2) is 0 Å². The van der Waals surface area contributed by atoms with E-state index < -0.39 is 38.4 Å². The van der Waals surface area contributed by atoms with Gasteiger partial charge < -0.3 is 5.11 Å². The topological polar surface area (TPSA) is 90.2 Å². The number of hydrogen-bond acceptors (Lipinski definition) is 4. The Morgan fingerprint density at radius 2 is 2.16 bits per heavy atom. The number of nitrogens with zero attached hydrogens (tertiary/aromatic N) is 1. The van der Waals surface area contributed by atoms with Crippen LogP contribution in [0.25, 0.3) is 0 Å². The van der Waals surface area contributed by atoms with Crippen LogP contribution in [-0.2, 0) is 10.0 Å². The first kappa shape index (κ1) is 15.6. The van der Waals surface area contributed by atoms with E-state index in [0.29, 0.717) is 6.42 Å². The van der Waals surface area contributed by atoms with Gasteiger partial charge in [-0.1, -0.05) is 13.0 Å². The smallest absolute Gasteiger partial charge is 0.242 e. The summed E-state index contributed by atoms with van der Waals surface area (Å²) >= 11 is 0. The summed E-state index contributed by atoms with van der Waals surface area (Å²) in [5.41, 5.74) is -1.59. The lowest BCUT2D eigenvalue weighted by Gasteiger charge is -2.26. The van der Waals surface area contributed by atoms with Gasteiger partial charge in [-0.15, -0.1) is 0 Å². The molecule has 0 radical (unpaired) electrons. The van der Waals surface area contributed by atoms with Crippen LogP contribution in [0.5, 0.6) is 0 Å². The van der Waals surface area contributed by atoms with Crippen molar-refractivity contribution >= 4 is 10.0 Å². The lowest BCUT2D eigenvalue weighted by molar-refractivity contribution is 0.191. The fourth-order valence-electron chi connectivity index (χ4n) is 1.43. The van der Waals surface area contributed by atoms with Crippen molar-refractivity contribution < 1.29 is 17.9 Å². The van der Waals surface area contributed by atoms with Crippen molar-refractivity contribution in [3.63, 3.8) is 0 Å². The van der Waals surface area contributed by atoms with Gasteiger partial charge in [-0.05, 0) is 25.5 Å². The molecule has 0 fully saturated rings. The number of sulfonamides is 1. The lowest BCUT2D eigenvalue weighted by Crippen LogP contribution is -2.48. The van der Waals surface area contributed by atoms with Crippen LogP contribution in [0.15, 0.2) is 23.1 Å². The van der Waals surface area contributed by atoms with E-state index in [4.69, 9.17) is 5.26 Å². The van der Waals surface area contributed by atoms with Crippen molar-refractivity contribution in [2.75, 3.05) is 6.61 Å². The SMILES string of the molecule is CCC(C)(CO)NS(=O)(=O)c1cccc(F)c1C#N. The summed E-state index contributed by atoms with van der Waals surface area (Å²) < 4.78 is 40.0. The molecule has 0 aromatic heterocycles. The highest BCUT2D eigenvalue weighted by molar-refractivity contribution is 7.89. The van der Waals surface area contributed by atoms with Crippen LogP contribution >= 0.6 is 0 Å². The van der Waals surface area contributed by atoms with E-state index in [0.717, 1.165) is 12.1 Å². The molecule has 1 atom stereocenters. The third kappa shape index (κ3) is 3.29. The molecular formula is C12H15FN2O3S. The number of benzene rings is 1. The predicted molar refractivity (Wildman–Crippen MR) is 67.2 cm³/mol. The molecule has 0 aliphatic heterocycles. The standard InChI is InChI=1S/C12H15FN2O3S/c1-3-12(2,8-16)15-19(17,18)11-6-4-5-10(13)9(11)7-14/h4-6,15-16H,3,8H2,1-2H3.